The van der Waals surface area contributed by atoms with E-state index in [9.17, 15) is 9.18 Å². The van der Waals surface area contributed by atoms with Crippen LogP contribution in [0.4, 0.5) is 4.39 Å². The van der Waals surface area contributed by atoms with Gasteiger partial charge in [-0.05, 0) is 47.7 Å². The second kappa shape index (κ2) is 5.17. The first-order chi connectivity index (χ1) is 9.63. The fourth-order valence-electron chi connectivity index (χ4n) is 2.21. The number of rotatable bonds is 3. The van der Waals surface area contributed by atoms with Crippen molar-refractivity contribution in [1.82, 2.24) is 0 Å². The molecule has 0 bridgehead atoms. The van der Waals surface area contributed by atoms with Gasteiger partial charge < -0.3 is 0 Å². The van der Waals surface area contributed by atoms with Crippen LogP contribution < -0.4 is 0 Å². The van der Waals surface area contributed by atoms with Gasteiger partial charge in [-0.15, -0.1) is 11.3 Å². The minimum absolute atomic E-state index is 0.0416. The molecule has 0 unspecified atom stereocenters. The summed E-state index contributed by atoms with van der Waals surface area (Å²) in [6, 6.07) is 14.4. The summed E-state index contributed by atoms with van der Waals surface area (Å²) in [7, 11) is 0. The van der Waals surface area contributed by atoms with E-state index in [1.165, 1.54) is 23.5 Å². The molecule has 0 atom stereocenters. The van der Waals surface area contributed by atoms with Gasteiger partial charge in [0.05, 0.1) is 4.88 Å². The predicted molar refractivity (Wildman–Crippen MR) is 81.0 cm³/mol. The van der Waals surface area contributed by atoms with Crippen molar-refractivity contribution in [2.75, 3.05) is 0 Å². The zero-order chi connectivity index (χ0) is 14.1. The molecule has 0 aliphatic carbocycles. The average molecular weight is 284 g/mol. The maximum absolute atomic E-state index is 13.3. The number of carbonyl (C=O) groups excluding carboxylic acids is 1. The summed E-state index contributed by atoms with van der Waals surface area (Å²) in [6.45, 7) is 1.90. The van der Waals surface area contributed by atoms with E-state index in [4.69, 9.17) is 0 Å². The van der Waals surface area contributed by atoms with E-state index in [0.29, 0.717) is 0 Å². The molecular formula is C17H13FOS. The fraction of sp³-hybridized carbons (Fsp3) is 0.118. The Morgan fingerprint density at radius 3 is 2.75 bits per heavy atom. The van der Waals surface area contributed by atoms with Gasteiger partial charge in [0.25, 0.3) is 0 Å². The van der Waals surface area contributed by atoms with Gasteiger partial charge in [-0.3, -0.25) is 4.79 Å². The molecule has 0 saturated carbocycles. The number of ketones is 1. The second-order valence-corrected chi connectivity index (χ2v) is 5.90. The Hall–Kier alpha value is -2.00. The third-order valence-corrected chi connectivity index (χ3v) is 4.52. The van der Waals surface area contributed by atoms with Crippen molar-refractivity contribution in [3.05, 3.63) is 70.4 Å². The fourth-order valence-corrected chi connectivity index (χ4v) is 3.21. The van der Waals surface area contributed by atoms with Gasteiger partial charge in [0.1, 0.15) is 5.82 Å². The highest BCUT2D eigenvalue weighted by molar-refractivity contribution is 7.20. The first-order valence-corrected chi connectivity index (χ1v) is 7.22. The number of Topliss-reactive ketones (excluding diaryl/α,β-unsaturated/α-hetero) is 1. The molecule has 0 amide bonds. The summed E-state index contributed by atoms with van der Waals surface area (Å²) in [4.78, 5) is 13.1. The Labute approximate surface area is 120 Å². The highest BCUT2D eigenvalue weighted by atomic mass is 32.1. The van der Waals surface area contributed by atoms with Crippen molar-refractivity contribution in [1.29, 1.82) is 0 Å². The van der Waals surface area contributed by atoms with Crippen LogP contribution >= 0.6 is 11.3 Å². The van der Waals surface area contributed by atoms with Crippen molar-refractivity contribution >= 4 is 27.2 Å². The molecule has 1 nitrogen and oxygen atoms in total. The minimum Gasteiger partial charge on any atom is -0.293 e. The number of halogens is 1. The van der Waals surface area contributed by atoms with Crippen LogP contribution in [0.15, 0.2) is 48.5 Å². The Bertz CT molecular complexity index is 756. The summed E-state index contributed by atoms with van der Waals surface area (Å²) in [6.07, 6.45) is 0.246. The summed E-state index contributed by atoms with van der Waals surface area (Å²) >= 11 is 1.49. The first-order valence-electron chi connectivity index (χ1n) is 6.40. The van der Waals surface area contributed by atoms with Gasteiger partial charge in [0.2, 0.25) is 0 Å². The second-order valence-electron chi connectivity index (χ2n) is 4.82. The normalized spacial score (nSPS) is 10.9. The van der Waals surface area contributed by atoms with Crippen LogP contribution in [-0.2, 0) is 6.42 Å². The van der Waals surface area contributed by atoms with Crippen LogP contribution in [0.25, 0.3) is 10.1 Å². The van der Waals surface area contributed by atoms with E-state index >= 15 is 0 Å². The lowest BCUT2D eigenvalue weighted by Gasteiger charge is -2.04. The topological polar surface area (TPSA) is 17.1 Å². The standard InChI is InChI=1S/C17H13FOS/c1-11-6-7-14(18)8-13(11)9-15(19)17-10-12-4-2-3-5-16(12)20-17/h2-8,10H,9H2,1H3. The lowest BCUT2D eigenvalue weighted by molar-refractivity contribution is 0.0996. The van der Waals surface area contributed by atoms with Crippen LogP contribution in [0.5, 0.6) is 0 Å². The van der Waals surface area contributed by atoms with E-state index in [2.05, 4.69) is 0 Å². The van der Waals surface area contributed by atoms with Gasteiger partial charge in [0.15, 0.2) is 5.78 Å². The number of benzene rings is 2. The molecule has 0 aliphatic heterocycles. The number of hydrogen-bond donors (Lipinski definition) is 0. The molecule has 3 heteroatoms. The summed E-state index contributed by atoms with van der Waals surface area (Å²) < 4.78 is 14.4. The van der Waals surface area contributed by atoms with Gasteiger partial charge in [0, 0.05) is 11.1 Å². The zero-order valence-corrected chi connectivity index (χ0v) is 11.8. The maximum atomic E-state index is 13.3. The Kier molecular flexibility index (Phi) is 3.36. The van der Waals surface area contributed by atoms with Gasteiger partial charge >= 0.3 is 0 Å². The molecule has 1 heterocycles. The molecule has 0 aliphatic rings. The van der Waals surface area contributed by atoms with Crippen molar-refractivity contribution in [2.24, 2.45) is 0 Å². The number of aryl methyl sites for hydroxylation is 1. The molecule has 0 fully saturated rings. The third-order valence-electron chi connectivity index (χ3n) is 3.36. The van der Waals surface area contributed by atoms with Crippen molar-refractivity contribution < 1.29 is 9.18 Å². The molecular weight excluding hydrogens is 271 g/mol. The molecule has 1 aromatic heterocycles. The molecule has 0 saturated heterocycles. The number of thiophene rings is 1. The van der Waals surface area contributed by atoms with Crippen LogP contribution in [0.1, 0.15) is 20.8 Å². The molecule has 3 aromatic rings. The maximum Gasteiger partial charge on any atom is 0.177 e. The molecule has 3 rings (SSSR count). The molecule has 20 heavy (non-hydrogen) atoms. The van der Waals surface area contributed by atoms with Crippen molar-refractivity contribution in [2.45, 2.75) is 13.3 Å². The molecule has 100 valence electrons. The number of carbonyl (C=O) groups is 1. The van der Waals surface area contributed by atoms with E-state index in [-0.39, 0.29) is 18.0 Å². The SMILES string of the molecule is Cc1ccc(F)cc1CC(=O)c1cc2ccccc2s1. The van der Waals surface area contributed by atoms with E-state index < -0.39 is 0 Å². The summed E-state index contributed by atoms with van der Waals surface area (Å²) in [5.74, 6) is -0.255. The minimum atomic E-state index is -0.297. The highest BCUT2D eigenvalue weighted by Gasteiger charge is 2.12. The largest absolute Gasteiger partial charge is 0.293 e. The van der Waals surface area contributed by atoms with E-state index in [0.717, 1.165) is 26.1 Å². The first kappa shape index (κ1) is 13.0. The quantitative estimate of drug-likeness (QED) is 0.633. The van der Waals surface area contributed by atoms with E-state index in [1.807, 2.05) is 37.3 Å². The Morgan fingerprint density at radius 2 is 1.95 bits per heavy atom. The smallest absolute Gasteiger partial charge is 0.177 e. The van der Waals surface area contributed by atoms with Gasteiger partial charge in [-0.1, -0.05) is 24.3 Å². The molecule has 0 N–H and O–H groups in total. The van der Waals surface area contributed by atoms with Crippen molar-refractivity contribution in [3.8, 4) is 0 Å². The van der Waals surface area contributed by atoms with Crippen LogP contribution in [0, 0.1) is 12.7 Å². The predicted octanol–water partition coefficient (Wildman–Crippen LogP) is 4.77. The number of hydrogen-bond acceptors (Lipinski definition) is 2. The van der Waals surface area contributed by atoms with Crippen LogP contribution in [-0.4, -0.2) is 5.78 Å². The number of fused-ring (bicyclic) bond motifs is 1. The lowest BCUT2D eigenvalue weighted by atomic mass is 10.0. The summed E-state index contributed by atoms with van der Waals surface area (Å²) in [5.41, 5.74) is 1.70. The van der Waals surface area contributed by atoms with Crippen LogP contribution in [0.3, 0.4) is 0 Å². The van der Waals surface area contributed by atoms with Gasteiger partial charge in [-0.2, -0.15) is 0 Å². The van der Waals surface area contributed by atoms with E-state index in [1.54, 1.807) is 6.07 Å². The monoisotopic (exact) mass is 284 g/mol. The third kappa shape index (κ3) is 2.49. The Balaban J connectivity index is 1.90. The van der Waals surface area contributed by atoms with Crippen molar-refractivity contribution in [3.63, 3.8) is 0 Å². The van der Waals surface area contributed by atoms with Gasteiger partial charge in [-0.25, -0.2) is 4.39 Å². The zero-order valence-electron chi connectivity index (χ0n) is 11.0. The Morgan fingerprint density at radius 1 is 1.15 bits per heavy atom. The lowest BCUT2D eigenvalue weighted by Crippen LogP contribution is -2.03. The molecule has 2 aromatic carbocycles. The van der Waals surface area contributed by atoms with Crippen LogP contribution in [0.2, 0.25) is 0 Å². The highest BCUT2D eigenvalue weighted by Crippen LogP contribution is 2.26. The average Bonchev–Trinajstić information content (AvgIpc) is 2.87. The molecule has 0 radical (unpaired) electrons. The molecule has 0 spiro atoms. The summed E-state index contributed by atoms with van der Waals surface area (Å²) in [5, 5.41) is 1.08.